The maximum Gasteiger partial charge on any atom is 0.323 e. The van der Waals surface area contributed by atoms with Crippen molar-refractivity contribution in [1.29, 1.82) is 0 Å². The second kappa shape index (κ2) is 7.62. The lowest BCUT2D eigenvalue weighted by Gasteiger charge is -2.18. The monoisotopic (exact) mass is 375 g/mol. The number of allylic oxidation sites excluding steroid dienone is 1. The van der Waals surface area contributed by atoms with Gasteiger partial charge < -0.3 is 16.2 Å². The molecule has 0 rings (SSSR count). The van der Waals surface area contributed by atoms with Crippen molar-refractivity contribution >= 4 is 34.7 Å². The minimum atomic E-state index is -1.56. The van der Waals surface area contributed by atoms with Crippen molar-refractivity contribution in [2.24, 2.45) is 8.94 Å². The first-order chi connectivity index (χ1) is 8.20. The van der Waals surface area contributed by atoms with Gasteiger partial charge in [0.15, 0.2) is 5.83 Å². The van der Waals surface area contributed by atoms with Crippen molar-refractivity contribution < 1.29 is 18.7 Å². The summed E-state index contributed by atoms with van der Waals surface area (Å²) in [4.78, 5) is 10.7. The summed E-state index contributed by atoms with van der Waals surface area (Å²) in [6.45, 7) is 2.54. The molecule has 0 saturated carbocycles. The van der Waals surface area contributed by atoms with E-state index in [1.807, 2.05) is 0 Å². The Kier molecular flexibility index (Phi) is 7.29. The van der Waals surface area contributed by atoms with Gasteiger partial charge in [0, 0.05) is 6.42 Å². The number of nitrogens with two attached hydrogens (primary N) is 1. The summed E-state index contributed by atoms with van der Waals surface area (Å²) in [5, 5.41) is 11.3. The molecule has 0 aromatic rings. The molecule has 0 radical (unpaired) electrons. The van der Waals surface area contributed by atoms with Crippen molar-refractivity contribution in [1.82, 2.24) is 5.32 Å². The molecule has 0 aliphatic heterocycles. The molecule has 0 aromatic carbocycles. The van der Waals surface area contributed by atoms with Gasteiger partial charge in [-0.05, 0) is 20.3 Å². The highest BCUT2D eigenvalue weighted by Gasteiger charge is 2.28. The van der Waals surface area contributed by atoms with Gasteiger partial charge in [0.2, 0.25) is 0 Å². The Morgan fingerprint density at radius 2 is 2.06 bits per heavy atom. The lowest BCUT2D eigenvalue weighted by molar-refractivity contribution is -0.142. The number of nitrogens with one attached hydrogen (secondary N) is 1. The van der Waals surface area contributed by atoms with Crippen LogP contribution >= 0.6 is 22.9 Å². The van der Waals surface area contributed by atoms with Crippen LogP contribution in [0.2, 0.25) is 0 Å². The number of rotatable bonds is 6. The molecule has 0 heterocycles. The molecule has 104 valence electrons. The molecule has 0 saturated heterocycles. The number of carbonyl (C=O) groups is 1. The van der Waals surface area contributed by atoms with E-state index in [-0.39, 0.29) is 19.4 Å². The quantitative estimate of drug-likeness (QED) is 0.377. The number of carboxylic acid groups (broad SMARTS) is 1. The summed E-state index contributed by atoms with van der Waals surface area (Å²) in [6.07, 6.45) is -0.534. The SMILES string of the molecule is CC(=NI)NCC(F)=C(F)CC[C@](C)(N)C(=O)O. The number of hydrogen-bond acceptors (Lipinski definition) is 3. The highest BCUT2D eigenvalue weighted by Crippen LogP contribution is 2.18. The van der Waals surface area contributed by atoms with Gasteiger partial charge in [0.05, 0.1) is 29.4 Å². The first kappa shape index (κ1) is 17.2. The zero-order valence-electron chi connectivity index (χ0n) is 10.1. The average Bonchev–Trinajstić information content (AvgIpc) is 2.32. The van der Waals surface area contributed by atoms with E-state index in [1.165, 1.54) is 6.92 Å². The Labute approximate surface area is 118 Å². The molecule has 0 unspecified atom stereocenters. The van der Waals surface area contributed by atoms with Crippen LogP contribution in [-0.2, 0) is 4.79 Å². The van der Waals surface area contributed by atoms with Gasteiger partial charge in [-0.1, -0.05) is 0 Å². The Balaban J connectivity index is 4.37. The molecule has 1 atom stereocenters. The van der Waals surface area contributed by atoms with Crippen LogP contribution < -0.4 is 11.1 Å². The zero-order chi connectivity index (χ0) is 14.3. The van der Waals surface area contributed by atoms with Crippen LogP contribution in [0.1, 0.15) is 26.7 Å². The number of halogens is 3. The van der Waals surface area contributed by atoms with Gasteiger partial charge in [0.25, 0.3) is 0 Å². The molecule has 0 aliphatic rings. The third-order valence-electron chi connectivity index (χ3n) is 2.27. The number of hydrogen-bond donors (Lipinski definition) is 3. The summed E-state index contributed by atoms with van der Waals surface area (Å²) in [6, 6.07) is 0. The van der Waals surface area contributed by atoms with E-state index in [1.54, 1.807) is 29.8 Å². The Bertz CT molecular complexity index is 370. The lowest BCUT2D eigenvalue weighted by Crippen LogP contribution is -2.44. The fourth-order valence-corrected chi connectivity index (χ4v) is 1.11. The third-order valence-corrected chi connectivity index (χ3v) is 3.00. The van der Waals surface area contributed by atoms with Crippen LogP contribution in [0, 0.1) is 0 Å². The first-order valence-corrected chi connectivity index (χ1v) is 6.12. The topological polar surface area (TPSA) is 87.7 Å². The Hall–Kier alpha value is -0.770. The van der Waals surface area contributed by atoms with Gasteiger partial charge in [-0.2, -0.15) is 0 Å². The van der Waals surface area contributed by atoms with Gasteiger partial charge >= 0.3 is 5.97 Å². The van der Waals surface area contributed by atoms with Gasteiger partial charge in [0.1, 0.15) is 17.2 Å². The van der Waals surface area contributed by atoms with Crippen LogP contribution in [0.15, 0.2) is 14.9 Å². The first-order valence-electron chi connectivity index (χ1n) is 5.15. The maximum absolute atomic E-state index is 13.3. The molecular formula is C10H16F2IN3O2. The molecule has 0 bridgehead atoms. The maximum atomic E-state index is 13.3. The highest BCUT2D eigenvalue weighted by atomic mass is 127. The molecule has 0 spiro atoms. The second-order valence-electron chi connectivity index (χ2n) is 4.06. The summed E-state index contributed by atoms with van der Waals surface area (Å²) >= 11 is 1.72. The summed E-state index contributed by atoms with van der Waals surface area (Å²) in [5.41, 5.74) is 3.84. The largest absolute Gasteiger partial charge is 0.480 e. The predicted octanol–water partition coefficient (Wildman–Crippen LogP) is 2.08. The molecular weight excluding hydrogens is 359 g/mol. The zero-order valence-corrected chi connectivity index (χ0v) is 12.3. The van der Waals surface area contributed by atoms with Crippen molar-refractivity contribution in [3.05, 3.63) is 11.7 Å². The van der Waals surface area contributed by atoms with Crippen LogP contribution in [0.5, 0.6) is 0 Å². The third kappa shape index (κ3) is 6.24. The molecule has 8 heteroatoms. The van der Waals surface area contributed by atoms with Crippen LogP contribution in [0.25, 0.3) is 0 Å². The van der Waals surface area contributed by atoms with E-state index >= 15 is 0 Å². The fraction of sp³-hybridized carbons (Fsp3) is 0.600. The van der Waals surface area contributed by atoms with Gasteiger partial charge in [-0.3, -0.25) is 4.79 Å². The van der Waals surface area contributed by atoms with Crippen molar-refractivity contribution in [3.8, 4) is 0 Å². The minimum Gasteiger partial charge on any atom is -0.480 e. The summed E-state index contributed by atoms with van der Waals surface area (Å²) < 4.78 is 30.3. The van der Waals surface area contributed by atoms with Crippen LogP contribution in [-0.4, -0.2) is 29.0 Å². The van der Waals surface area contributed by atoms with Crippen molar-refractivity contribution in [2.75, 3.05) is 6.54 Å². The number of carboxylic acids is 1. The van der Waals surface area contributed by atoms with E-state index < -0.39 is 23.2 Å². The molecule has 5 nitrogen and oxygen atoms in total. The average molecular weight is 375 g/mol. The van der Waals surface area contributed by atoms with Crippen molar-refractivity contribution in [3.63, 3.8) is 0 Å². The predicted molar refractivity (Wildman–Crippen MR) is 73.8 cm³/mol. The second-order valence-corrected chi connectivity index (χ2v) is 4.54. The molecule has 0 amide bonds. The molecule has 4 N–H and O–H groups in total. The summed E-state index contributed by atoms with van der Waals surface area (Å²) in [7, 11) is 0. The van der Waals surface area contributed by atoms with Gasteiger partial charge in [-0.25, -0.2) is 12.0 Å². The lowest BCUT2D eigenvalue weighted by atomic mass is 9.97. The van der Waals surface area contributed by atoms with Crippen LogP contribution in [0.3, 0.4) is 0 Å². The smallest absolute Gasteiger partial charge is 0.323 e. The van der Waals surface area contributed by atoms with E-state index in [0.29, 0.717) is 5.84 Å². The number of nitrogens with zero attached hydrogens (tertiary/aromatic N) is 1. The normalized spacial score (nSPS) is 16.9. The highest BCUT2D eigenvalue weighted by molar-refractivity contribution is 14.1. The molecule has 0 fully saturated rings. The van der Waals surface area contributed by atoms with Crippen LogP contribution in [0.4, 0.5) is 8.78 Å². The summed E-state index contributed by atoms with van der Waals surface area (Å²) in [5.74, 6) is -2.76. The van der Waals surface area contributed by atoms with Crippen molar-refractivity contribution in [2.45, 2.75) is 32.2 Å². The molecule has 0 aromatic heterocycles. The Morgan fingerprint density at radius 1 is 1.50 bits per heavy atom. The van der Waals surface area contributed by atoms with Gasteiger partial charge in [-0.15, -0.1) is 0 Å². The van der Waals surface area contributed by atoms with E-state index in [2.05, 4.69) is 8.52 Å². The number of aliphatic carboxylic acids is 1. The van der Waals surface area contributed by atoms with E-state index in [9.17, 15) is 13.6 Å². The molecule has 18 heavy (non-hydrogen) atoms. The Morgan fingerprint density at radius 3 is 2.50 bits per heavy atom. The fourth-order valence-electron chi connectivity index (χ4n) is 0.943. The number of amidine groups is 1. The van der Waals surface area contributed by atoms with E-state index in [0.717, 1.165) is 0 Å². The minimum absolute atomic E-state index is 0.180. The van der Waals surface area contributed by atoms with E-state index in [4.69, 9.17) is 10.8 Å². The molecule has 0 aliphatic carbocycles. The standard InChI is InChI=1S/C10H16F2IN3O2/c1-6(16-13)15-5-8(12)7(11)3-4-10(2,14)9(17)18/h3-5,14H2,1-2H3,(H,15,16)(H,17,18)/t10-/m0/s1.